The molecular weight excluding hydrogens is 537 g/mol. The molecule has 0 saturated heterocycles. The Morgan fingerprint density at radius 3 is 1.26 bits per heavy atom. The summed E-state index contributed by atoms with van der Waals surface area (Å²) in [6, 6.07) is 12.9. The number of hydrogen-bond donors (Lipinski definition) is 0. The second kappa shape index (κ2) is 13.0. The lowest BCUT2D eigenvalue weighted by atomic mass is 10.2. The lowest BCUT2D eigenvalue weighted by molar-refractivity contribution is 1.62. The third kappa shape index (κ3) is 6.73. The first kappa shape index (κ1) is 26.3. The van der Waals surface area contributed by atoms with Crippen molar-refractivity contribution >= 4 is 45.3 Å². The van der Waals surface area contributed by atoms with Gasteiger partial charge in [-0.1, -0.05) is 11.8 Å². The Bertz CT molecular complexity index is 1850. The summed E-state index contributed by atoms with van der Waals surface area (Å²) >= 11 is 6.99. The lowest BCUT2D eigenvalue weighted by Gasteiger charge is -1.94. The van der Waals surface area contributed by atoms with Gasteiger partial charge in [0.25, 0.3) is 0 Å². The van der Waals surface area contributed by atoms with E-state index in [9.17, 15) is 0 Å². The predicted molar refractivity (Wildman–Crippen MR) is 166 cm³/mol. The van der Waals surface area contributed by atoms with Crippen molar-refractivity contribution < 1.29 is 0 Å². The highest BCUT2D eigenvalue weighted by Crippen LogP contribution is 2.44. The Morgan fingerprint density at radius 1 is 0.474 bits per heavy atom. The Kier molecular flexibility index (Phi) is 9.02. The summed E-state index contributed by atoms with van der Waals surface area (Å²) in [6.07, 6.45) is 10.2. The maximum Gasteiger partial charge on any atom is 0.0602 e. The standard InChI is InChI=1S/C34H14S4/c1-5-7-9-11-13-15-17-27-23-25(3)35-33(27)31-21-19-29(37-31)30-20-22-32(38-30)34-28(24-26(4)36-34)18-16-14-12-10-8-6-2/h1-2,19-24H,3-4H3. The second-order valence-corrected chi connectivity index (χ2v) is 12.0. The average molecular weight is 551 g/mol. The van der Waals surface area contributed by atoms with Gasteiger partial charge in [-0.05, 0) is 121 Å². The molecule has 0 atom stereocenters. The maximum absolute atomic E-state index is 5.10. The molecule has 0 nitrogen and oxygen atoms in total. The van der Waals surface area contributed by atoms with Crippen LogP contribution < -0.4 is 0 Å². The zero-order chi connectivity index (χ0) is 26.7. The van der Waals surface area contributed by atoms with Crippen molar-refractivity contribution in [1.82, 2.24) is 0 Å². The monoisotopic (exact) mass is 550 g/mol. The van der Waals surface area contributed by atoms with Crippen LogP contribution in [0.4, 0.5) is 0 Å². The Labute approximate surface area is 240 Å². The van der Waals surface area contributed by atoms with E-state index in [0.717, 1.165) is 20.9 Å². The van der Waals surface area contributed by atoms with E-state index in [2.05, 4.69) is 133 Å². The lowest BCUT2D eigenvalue weighted by Crippen LogP contribution is -1.71. The minimum absolute atomic E-state index is 0.970. The first-order valence-corrected chi connectivity index (χ1v) is 14.2. The quantitative estimate of drug-likeness (QED) is 0.231. The van der Waals surface area contributed by atoms with Crippen LogP contribution in [-0.4, -0.2) is 0 Å². The van der Waals surface area contributed by atoms with E-state index in [1.807, 2.05) is 0 Å². The van der Waals surface area contributed by atoms with E-state index in [1.165, 1.54) is 29.3 Å². The van der Waals surface area contributed by atoms with E-state index in [1.54, 1.807) is 45.3 Å². The van der Waals surface area contributed by atoms with E-state index in [4.69, 9.17) is 12.8 Å². The van der Waals surface area contributed by atoms with E-state index in [0.29, 0.717) is 0 Å². The van der Waals surface area contributed by atoms with Crippen LogP contribution in [0.5, 0.6) is 0 Å². The summed E-state index contributed by atoms with van der Waals surface area (Å²) in [7, 11) is 0. The van der Waals surface area contributed by atoms with Crippen molar-refractivity contribution in [3.05, 3.63) is 57.3 Å². The minimum Gasteiger partial charge on any atom is -0.138 e. The topological polar surface area (TPSA) is 0 Å². The van der Waals surface area contributed by atoms with E-state index < -0.39 is 0 Å². The van der Waals surface area contributed by atoms with Gasteiger partial charge in [-0.25, -0.2) is 0 Å². The average Bonchev–Trinajstić information content (AvgIpc) is 3.69. The third-order valence-electron chi connectivity index (χ3n) is 4.65. The highest BCUT2D eigenvalue weighted by atomic mass is 32.1. The molecule has 174 valence electrons. The minimum atomic E-state index is 0.970. The summed E-state index contributed by atoms with van der Waals surface area (Å²) in [5.41, 5.74) is 1.94. The van der Waals surface area contributed by atoms with Gasteiger partial charge in [0.05, 0.1) is 9.75 Å². The SMILES string of the molecule is C#CC#CC#CC#Cc1cc(C)sc1-c1ccc(-c2ccc(-c3sc(C)cc3C#CC#CC#CC#C)s2)s1. The number of terminal acetylenes is 2. The fourth-order valence-corrected chi connectivity index (χ4v) is 7.51. The number of thiophene rings is 4. The van der Waals surface area contributed by atoms with Crippen LogP contribution in [0.1, 0.15) is 20.9 Å². The van der Waals surface area contributed by atoms with Crippen LogP contribution in [0.2, 0.25) is 0 Å². The van der Waals surface area contributed by atoms with Crippen molar-refractivity contribution in [1.29, 1.82) is 0 Å². The smallest absolute Gasteiger partial charge is 0.0602 e. The fraction of sp³-hybridized carbons (Fsp3) is 0.0588. The Morgan fingerprint density at radius 2 is 0.842 bits per heavy atom. The number of hydrogen-bond acceptors (Lipinski definition) is 4. The molecule has 0 aliphatic heterocycles. The van der Waals surface area contributed by atoms with Crippen molar-refractivity contribution in [2.45, 2.75) is 13.8 Å². The molecule has 0 spiro atoms. The normalized spacial score (nSPS) is 8.53. The van der Waals surface area contributed by atoms with Crippen LogP contribution in [0.15, 0.2) is 36.4 Å². The van der Waals surface area contributed by atoms with Crippen LogP contribution in [0.25, 0.3) is 29.3 Å². The molecule has 0 N–H and O–H groups in total. The molecule has 0 aromatic carbocycles. The van der Waals surface area contributed by atoms with Crippen LogP contribution in [0.3, 0.4) is 0 Å². The molecule has 0 saturated carbocycles. The second-order valence-electron chi connectivity index (χ2n) is 7.32. The zero-order valence-electron chi connectivity index (χ0n) is 20.3. The first-order chi connectivity index (χ1) is 18.6. The predicted octanol–water partition coefficient (Wildman–Crippen LogP) is 7.53. The van der Waals surface area contributed by atoms with Gasteiger partial charge in [0.1, 0.15) is 0 Å². The van der Waals surface area contributed by atoms with Crippen molar-refractivity contribution in [2.75, 3.05) is 0 Å². The molecule has 0 unspecified atom stereocenters. The Hall–Kier alpha value is -4.72. The highest BCUT2D eigenvalue weighted by molar-refractivity contribution is 7.28. The van der Waals surface area contributed by atoms with Gasteiger partial charge in [-0.15, -0.1) is 58.2 Å². The number of aryl methyl sites for hydroxylation is 2. The van der Waals surface area contributed by atoms with Crippen molar-refractivity contribution in [3.63, 3.8) is 0 Å². The molecule has 38 heavy (non-hydrogen) atoms. The van der Waals surface area contributed by atoms with Gasteiger partial charge in [0, 0.05) is 40.4 Å². The molecule has 4 rings (SSSR count). The van der Waals surface area contributed by atoms with Crippen LogP contribution in [-0.2, 0) is 0 Å². The van der Waals surface area contributed by atoms with Crippen LogP contribution in [0, 0.1) is 110 Å². The van der Waals surface area contributed by atoms with E-state index >= 15 is 0 Å². The third-order valence-corrected chi connectivity index (χ3v) is 9.48. The molecule has 0 aliphatic carbocycles. The fourth-order valence-electron chi connectivity index (χ4n) is 3.22. The molecule has 0 amide bonds. The molecule has 4 aromatic heterocycles. The number of rotatable bonds is 3. The molecule has 0 aliphatic rings. The van der Waals surface area contributed by atoms with Gasteiger partial charge in [-0.2, -0.15) is 0 Å². The molecule has 4 heteroatoms. The molecule has 0 radical (unpaired) electrons. The summed E-state index contributed by atoms with van der Waals surface area (Å²) in [4.78, 5) is 9.50. The first-order valence-electron chi connectivity index (χ1n) is 10.9. The summed E-state index contributed by atoms with van der Waals surface area (Å²) in [5, 5.41) is 0. The van der Waals surface area contributed by atoms with Crippen LogP contribution >= 0.6 is 45.3 Å². The molecule has 0 fully saturated rings. The van der Waals surface area contributed by atoms with Gasteiger partial charge in [-0.3, -0.25) is 0 Å². The van der Waals surface area contributed by atoms with E-state index in [-0.39, 0.29) is 0 Å². The molecule has 0 bridgehead atoms. The molecular formula is C34H14S4. The Balaban J connectivity index is 1.59. The summed E-state index contributed by atoms with van der Waals surface area (Å²) < 4.78 is 0. The molecule has 4 heterocycles. The largest absolute Gasteiger partial charge is 0.138 e. The van der Waals surface area contributed by atoms with Crippen molar-refractivity contribution in [2.24, 2.45) is 0 Å². The molecule has 4 aromatic rings. The van der Waals surface area contributed by atoms with Gasteiger partial charge in [0.2, 0.25) is 0 Å². The maximum atomic E-state index is 5.10. The van der Waals surface area contributed by atoms with Gasteiger partial charge in [0.15, 0.2) is 0 Å². The van der Waals surface area contributed by atoms with Gasteiger partial charge < -0.3 is 0 Å². The highest BCUT2D eigenvalue weighted by Gasteiger charge is 2.15. The summed E-state index contributed by atoms with van der Waals surface area (Å²) in [5.74, 6) is 37.4. The zero-order valence-corrected chi connectivity index (χ0v) is 23.5. The van der Waals surface area contributed by atoms with Gasteiger partial charge >= 0.3 is 0 Å². The summed E-state index contributed by atoms with van der Waals surface area (Å²) in [6.45, 7) is 4.17. The van der Waals surface area contributed by atoms with Crippen molar-refractivity contribution in [3.8, 4) is 125 Å².